The number of nitrogens with one attached hydrogen (secondary N) is 1. The van der Waals surface area contributed by atoms with Crippen LogP contribution in [0.4, 0.5) is 0 Å². The van der Waals surface area contributed by atoms with Gasteiger partial charge in [0.1, 0.15) is 0 Å². The summed E-state index contributed by atoms with van der Waals surface area (Å²) in [5, 5.41) is 11.6. The Morgan fingerprint density at radius 1 is 1.13 bits per heavy atom. The molecule has 0 aliphatic heterocycles. The van der Waals surface area contributed by atoms with Gasteiger partial charge in [-0.3, -0.25) is 0 Å². The normalized spacial score (nSPS) is 11.2. The number of hydrogen-bond donors (Lipinski definition) is 1. The molecule has 1 N–H and O–H groups in total. The van der Waals surface area contributed by atoms with Gasteiger partial charge in [-0.15, -0.1) is 0 Å². The van der Waals surface area contributed by atoms with Crippen molar-refractivity contribution in [2.24, 2.45) is 5.10 Å². The average Bonchev–Trinajstić information content (AvgIpc) is 2.95. The highest BCUT2D eigenvalue weighted by Gasteiger charge is 2.07. The molecule has 1 heterocycles. The van der Waals surface area contributed by atoms with E-state index in [4.69, 9.17) is 12.2 Å². The molecular weight excluding hydrogens is 304 g/mol. The molecule has 3 rings (SSSR count). The topological polar surface area (TPSA) is 46.0 Å². The van der Waals surface area contributed by atoms with Crippen LogP contribution in [0.5, 0.6) is 0 Å². The Bertz CT molecular complexity index is 871. The molecular formula is C18H18N4S. The fourth-order valence-corrected chi connectivity index (χ4v) is 2.43. The van der Waals surface area contributed by atoms with Crippen molar-refractivity contribution in [1.82, 2.24) is 14.9 Å². The summed E-state index contributed by atoms with van der Waals surface area (Å²) in [7, 11) is 0. The lowest BCUT2D eigenvalue weighted by molar-refractivity contribution is 0.871. The first-order valence-electron chi connectivity index (χ1n) is 7.55. The third-order valence-electron chi connectivity index (χ3n) is 3.67. The van der Waals surface area contributed by atoms with Gasteiger partial charge in [-0.1, -0.05) is 61.0 Å². The molecule has 116 valence electrons. The molecule has 3 aromatic rings. The van der Waals surface area contributed by atoms with Crippen LogP contribution < -0.4 is 0 Å². The molecule has 5 heteroatoms. The molecule has 0 spiro atoms. The van der Waals surface area contributed by atoms with Crippen LogP contribution in [-0.2, 0) is 6.42 Å². The number of aromatic nitrogens is 3. The van der Waals surface area contributed by atoms with Crippen LogP contribution in [0.15, 0.2) is 53.6 Å². The van der Waals surface area contributed by atoms with Crippen molar-refractivity contribution >= 4 is 18.4 Å². The lowest BCUT2D eigenvalue weighted by Gasteiger charge is -2.02. The Kier molecular flexibility index (Phi) is 4.48. The minimum absolute atomic E-state index is 0.474. The first-order valence-corrected chi connectivity index (χ1v) is 7.96. The lowest BCUT2D eigenvalue weighted by Crippen LogP contribution is -1.95. The van der Waals surface area contributed by atoms with Crippen molar-refractivity contribution in [3.63, 3.8) is 0 Å². The number of rotatable bonds is 4. The summed E-state index contributed by atoms with van der Waals surface area (Å²) >= 11 is 5.28. The van der Waals surface area contributed by atoms with E-state index in [2.05, 4.69) is 53.4 Å². The Morgan fingerprint density at radius 3 is 2.48 bits per heavy atom. The van der Waals surface area contributed by atoms with Crippen LogP contribution in [0.2, 0.25) is 0 Å². The number of hydrogen-bond acceptors (Lipinski definition) is 3. The SMILES string of the molecule is CCc1ccc(C=Nn2c(-c3ccc(C)cc3)n[nH]c2=S)cc1. The fourth-order valence-electron chi connectivity index (χ4n) is 2.25. The zero-order valence-electron chi connectivity index (χ0n) is 13.2. The van der Waals surface area contributed by atoms with E-state index in [0.717, 1.165) is 17.5 Å². The lowest BCUT2D eigenvalue weighted by atomic mass is 10.1. The number of aromatic amines is 1. The minimum Gasteiger partial charge on any atom is -0.250 e. The van der Waals surface area contributed by atoms with Crippen molar-refractivity contribution in [2.45, 2.75) is 20.3 Å². The van der Waals surface area contributed by atoms with Gasteiger partial charge in [0.15, 0.2) is 5.82 Å². The van der Waals surface area contributed by atoms with E-state index in [9.17, 15) is 0 Å². The molecule has 0 unspecified atom stereocenters. The van der Waals surface area contributed by atoms with E-state index in [1.165, 1.54) is 11.1 Å². The smallest absolute Gasteiger partial charge is 0.216 e. The number of nitrogens with zero attached hydrogens (tertiary/aromatic N) is 3. The molecule has 0 atom stereocenters. The highest BCUT2D eigenvalue weighted by Crippen LogP contribution is 2.17. The Hall–Kier alpha value is -2.53. The molecule has 0 bridgehead atoms. The van der Waals surface area contributed by atoms with Gasteiger partial charge >= 0.3 is 0 Å². The van der Waals surface area contributed by atoms with Crippen LogP contribution in [0, 0.1) is 11.7 Å². The van der Waals surface area contributed by atoms with Gasteiger partial charge in [0.2, 0.25) is 4.77 Å². The summed E-state index contributed by atoms with van der Waals surface area (Å²) in [6.45, 7) is 4.20. The van der Waals surface area contributed by atoms with E-state index < -0.39 is 0 Å². The van der Waals surface area contributed by atoms with E-state index in [-0.39, 0.29) is 0 Å². The van der Waals surface area contributed by atoms with Gasteiger partial charge in [0.25, 0.3) is 0 Å². The average molecular weight is 322 g/mol. The van der Waals surface area contributed by atoms with Crippen molar-refractivity contribution in [3.05, 3.63) is 70.0 Å². The summed E-state index contributed by atoms with van der Waals surface area (Å²) < 4.78 is 2.12. The van der Waals surface area contributed by atoms with Gasteiger partial charge < -0.3 is 0 Å². The highest BCUT2D eigenvalue weighted by molar-refractivity contribution is 7.71. The first-order chi connectivity index (χ1) is 11.2. The van der Waals surface area contributed by atoms with E-state index in [1.807, 2.05) is 24.3 Å². The second-order valence-corrected chi connectivity index (χ2v) is 5.76. The van der Waals surface area contributed by atoms with E-state index in [0.29, 0.717) is 10.6 Å². The number of H-pyrrole nitrogens is 1. The van der Waals surface area contributed by atoms with Crippen LogP contribution in [0.1, 0.15) is 23.6 Å². The Morgan fingerprint density at radius 2 is 1.83 bits per heavy atom. The molecule has 0 saturated carbocycles. The second-order valence-electron chi connectivity index (χ2n) is 5.37. The maximum absolute atomic E-state index is 5.28. The van der Waals surface area contributed by atoms with Gasteiger partial charge in [-0.05, 0) is 36.7 Å². The highest BCUT2D eigenvalue weighted by atomic mass is 32.1. The summed E-state index contributed by atoms with van der Waals surface area (Å²) in [5.41, 5.74) is 4.51. The molecule has 0 fully saturated rings. The predicted octanol–water partition coefficient (Wildman–Crippen LogP) is 4.36. The van der Waals surface area contributed by atoms with Crippen LogP contribution in [0.25, 0.3) is 11.4 Å². The van der Waals surface area contributed by atoms with Crippen molar-refractivity contribution < 1.29 is 0 Å². The van der Waals surface area contributed by atoms with Crippen LogP contribution in [0.3, 0.4) is 0 Å². The maximum atomic E-state index is 5.28. The monoisotopic (exact) mass is 322 g/mol. The number of benzene rings is 2. The molecule has 0 aliphatic carbocycles. The van der Waals surface area contributed by atoms with E-state index in [1.54, 1.807) is 10.9 Å². The van der Waals surface area contributed by atoms with Crippen LogP contribution in [-0.4, -0.2) is 21.1 Å². The Balaban J connectivity index is 1.93. The molecule has 0 amide bonds. The second kappa shape index (κ2) is 6.71. The number of aryl methyl sites for hydroxylation is 2. The third kappa shape index (κ3) is 3.46. The molecule has 23 heavy (non-hydrogen) atoms. The maximum Gasteiger partial charge on any atom is 0.216 e. The zero-order valence-corrected chi connectivity index (χ0v) is 14.0. The van der Waals surface area contributed by atoms with Crippen molar-refractivity contribution in [3.8, 4) is 11.4 Å². The summed E-state index contributed by atoms with van der Waals surface area (Å²) in [6, 6.07) is 16.4. The Labute approximate surface area is 140 Å². The van der Waals surface area contributed by atoms with E-state index >= 15 is 0 Å². The molecule has 4 nitrogen and oxygen atoms in total. The molecule has 0 saturated heterocycles. The van der Waals surface area contributed by atoms with Gasteiger partial charge in [-0.25, -0.2) is 5.10 Å². The largest absolute Gasteiger partial charge is 0.250 e. The molecule has 0 radical (unpaired) electrons. The standard InChI is InChI=1S/C18H18N4S/c1-3-14-6-8-15(9-7-14)12-19-22-17(20-21-18(22)23)16-10-4-13(2)5-11-16/h4-12H,3H2,1-2H3,(H,21,23). The third-order valence-corrected chi connectivity index (χ3v) is 3.93. The molecule has 2 aromatic carbocycles. The van der Waals surface area contributed by atoms with Crippen molar-refractivity contribution in [2.75, 3.05) is 0 Å². The fraction of sp³-hybridized carbons (Fsp3) is 0.167. The predicted molar refractivity (Wildman–Crippen MR) is 96.4 cm³/mol. The van der Waals surface area contributed by atoms with Gasteiger partial charge in [-0.2, -0.15) is 14.9 Å². The van der Waals surface area contributed by atoms with Gasteiger partial charge in [0.05, 0.1) is 6.21 Å². The first kappa shape index (κ1) is 15.4. The molecule has 0 aliphatic rings. The molecule has 1 aromatic heterocycles. The minimum atomic E-state index is 0.474. The van der Waals surface area contributed by atoms with Crippen LogP contribution >= 0.6 is 12.2 Å². The zero-order chi connectivity index (χ0) is 16.2. The van der Waals surface area contributed by atoms with Crippen molar-refractivity contribution in [1.29, 1.82) is 0 Å². The summed E-state index contributed by atoms with van der Waals surface area (Å²) in [4.78, 5) is 0. The van der Waals surface area contributed by atoms with Gasteiger partial charge in [0, 0.05) is 5.56 Å². The summed E-state index contributed by atoms with van der Waals surface area (Å²) in [5.74, 6) is 0.705. The quantitative estimate of drug-likeness (QED) is 0.573. The summed E-state index contributed by atoms with van der Waals surface area (Å²) in [6.07, 6.45) is 2.82.